The summed E-state index contributed by atoms with van der Waals surface area (Å²) in [5.74, 6) is 1.01. The largest absolute Gasteiger partial charge is 0.355 e. The van der Waals surface area contributed by atoms with Crippen LogP contribution >= 0.6 is 0 Å². The second kappa shape index (κ2) is 7.17. The van der Waals surface area contributed by atoms with Crippen molar-refractivity contribution in [2.75, 3.05) is 13.1 Å². The lowest BCUT2D eigenvalue weighted by atomic mass is 10.3. The number of hydrogen-bond acceptors (Lipinski definition) is 4. The first-order chi connectivity index (χ1) is 10.2. The van der Waals surface area contributed by atoms with E-state index in [0.717, 1.165) is 35.4 Å². The van der Waals surface area contributed by atoms with E-state index >= 15 is 0 Å². The van der Waals surface area contributed by atoms with Crippen LogP contribution in [0.3, 0.4) is 0 Å². The molecule has 0 aliphatic heterocycles. The third-order valence-electron chi connectivity index (χ3n) is 3.30. The minimum atomic E-state index is 0.0110. The molecule has 0 spiro atoms. The number of carbonyl (C=O) groups is 1. The van der Waals surface area contributed by atoms with E-state index in [0.29, 0.717) is 26.1 Å². The van der Waals surface area contributed by atoms with Crippen LogP contribution in [0.4, 0.5) is 0 Å². The lowest BCUT2D eigenvalue weighted by molar-refractivity contribution is -0.121. The summed E-state index contributed by atoms with van der Waals surface area (Å²) in [6.45, 7) is 5.70. The number of aromatic nitrogens is 3. The lowest BCUT2D eigenvalue weighted by Gasteiger charge is -2.08. The number of fused-ring (bicyclic) bond motifs is 1. The van der Waals surface area contributed by atoms with Crippen LogP contribution in [-0.2, 0) is 17.8 Å². The first-order valence-electron chi connectivity index (χ1n) is 7.44. The van der Waals surface area contributed by atoms with Gasteiger partial charge in [-0.05, 0) is 25.0 Å². The van der Waals surface area contributed by atoms with Crippen molar-refractivity contribution in [1.82, 2.24) is 19.9 Å². The Bertz CT molecular complexity index is 620. The maximum absolute atomic E-state index is 11.7. The number of amides is 1. The molecule has 114 valence electrons. The Hall–Kier alpha value is -1.95. The molecule has 1 amide bonds. The van der Waals surface area contributed by atoms with Gasteiger partial charge in [0.15, 0.2) is 5.65 Å². The van der Waals surface area contributed by atoms with Gasteiger partial charge in [0.05, 0.1) is 0 Å². The van der Waals surface area contributed by atoms with Crippen LogP contribution in [-0.4, -0.2) is 33.5 Å². The molecule has 0 atom stereocenters. The summed E-state index contributed by atoms with van der Waals surface area (Å²) in [4.78, 5) is 20.9. The summed E-state index contributed by atoms with van der Waals surface area (Å²) in [5.41, 5.74) is 8.23. The first-order valence-corrected chi connectivity index (χ1v) is 7.44. The van der Waals surface area contributed by atoms with Crippen LogP contribution in [0.1, 0.15) is 31.2 Å². The number of carbonyl (C=O) groups excluding carboxylic acids is 1. The van der Waals surface area contributed by atoms with Gasteiger partial charge in [-0.3, -0.25) is 4.79 Å². The van der Waals surface area contributed by atoms with Gasteiger partial charge in [-0.15, -0.1) is 0 Å². The van der Waals surface area contributed by atoms with E-state index in [4.69, 9.17) is 5.73 Å². The molecule has 0 aliphatic carbocycles. The predicted molar refractivity (Wildman–Crippen MR) is 82.9 cm³/mol. The summed E-state index contributed by atoms with van der Waals surface area (Å²) in [5, 5.41) is 2.79. The molecule has 2 rings (SSSR count). The molecule has 3 N–H and O–H groups in total. The highest BCUT2D eigenvalue weighted by Gasteiger charge is 2.12. The molecule has 0 fully saturated rings. The molecule has 0 radical (unpaired) electrons. The minimum Gasteiger partial charge on any atom is -0.355 e. The van der Waals surface area contributed by atoms with Gasteiger partial charge in [0.1, 0.15) is 11.3 Å². The lowest BCUT2D eigenvalue weighted by Crippen LogP contribution is -2.29. The number of nitrogens with one attached hydrogen (secondary N) is 1. The van der Waals surface area contributed by atoms with Crippen LogP contribution in [0, 0.1) is 6.92 Å². The quantitative estimate of drug-likeness (QED) is 0.801. The summed E-state index contributed by atoms with van der Waals surface area (Å²) >= 11 is 0. The zero-order chi connectivity index (χ0) is 15.2. The highest BCUT2D eigenvalue weighted by Crippen LogP contribution is 2.17. The van der Waals surface area contributed by atoms with E-state index < -0.39 is 0 Å². The highest BCUT2D eigenvalue weighted by molar-refractivity contribution is 5.76. The fraction of sp³-hybridized carbons (Fsp3) is 0.533. The van der Waals surface area contributed by atoms with E-state index in [1.165, 1.54) is 0 Å². The zero-order valence-corrected chi connectivity index (χ0v) is 12.7. The molecule has 2 aromatic heterocycles. The summed E-state index contributed by atoms with van der Waals surface area (Å²) in [6, 6.07) is 2.03. The monoisotopic (exact) mass is 289 g/mol. The van der Waals surface area contributed by atoms with Gasteiger partial charge < -0.3 is 15.6 Å². The molecule has 0 saturated carbocycles. The summed E-state index contributed by atoms with van der Waals surface area (Å²) in [6.07, 6.45) is 4.16. The second-order valence-electron chi connectivity index (χ2n) is 5.17. The van der Waals surface area contributed by atoms with Crippen molar-refractivity contribution in [2.24, 2.45) is 5.73 Å². The van der Waals surface area contributed by atoms with Crippen LogP contribution in [0.15, 0.2) is 12.3 Å². The first kappa shape index (κ1) is 15.4. The van der Waals surface area contributed by atoms with Crippen molar-refractivity contribution in [3.05, 3.63) is 23.7 Å². The number of rotatable bonds is 7. The molecule has 0 unspecified atom stereocenters. The van der Waals surface area contributed by atoms with Crippen molar-refractivity contribution >= 4 is 17.1 Å². The molecule has 2 aromatic rings. The molecule has 0 aromatic carbocycles. The minimum absolute atomic E-state index is 0.0110. The molecular formula is C15H23N5O. The van der Waals surface area contributed by atoms with Crippen LogP contribution in [0.2, 0.25) is 0 Å². The van der Waals surface area contributed by atoms with E-state index in [9.17, 15) is 4.79 Å². The van der Waals surface area contributed by atoms with Gasteiger partial charge in [0.2, 0.25) is 5.91 Å². The van der Waals surface area contributed by atoms with E-state index in [-0.39, 0.29) is 5.91 Å². The fourth-order valence-electron chi connectivity index (χ4n) is 2.32. The van der Waals surface area contributed by atoms with Crippen molar-refractivity contribution in [3.63, 3.8) is 0 Å². The molecule has 0 bridgehead atoms. The topological polar surface area (TPSA) is 85.8 Å². The zero-order valence-electron chi connectivity index (χ0n) is 12.7. The van der Waals surface area contributed by atoms with Gasteiger partial charge in [-0.1, -0.05) is 6.92 Å². The van der Waals surface area contributed by atoms with Gasteiger partial charge in [0, 0.05) is 38.7 Å². The maximum Gasteiger partial charge on any atom is 0.221 e. The van der Waals surface area contributed by atoms with Crippen LogP contribution in [0.25, 0.3) is 11.2 Å². The molecular weight excluding hydrogens is 266 g/mol. The van der Waals surface area contributed by atoms with Gasteiger partial charge in [-0.25, -0.2) is 9.97 Å². The van der Waals surface area contributed by atoms with Crippen molar-refractivity contribution in [2.45, 2.75) is 39.7 Å². The Balaban J connectivity index is 2.20. The molecule has 6 heteroatoms. The maximum atomic E-state index is 11.7. The van der Waals surface area contributed by atoms with E-state index in [1.54, 1.807) is 0 Å². The Morgan fingerprint density at radius 2 is 2.29 bits per heavy atom. The van der Waals surface area contributed by atoms with E-state index in [1.807, 2.05) is 19.2 Å². The Morgan fingerprint density at radius 3 is 3.00 bits per heavy atom. The number of nitrogens with zero attached hydrogens (tertiary/aromatic N) is 3. The summed E-state index contributed by atoms with van der Waals surface area (Å²) < 4.78 is 2.06. The van der Waals surface area contributed by atoms with E-state index in [2.05, 4.69) is 26.8 Å². The van der Waals surface area contributed by atoms with Crippen molar-refractivity contribution in [1.29, 1.82) is 0 Å². The number of imidazole rings is 1. The third-order valence-corrected chi connectivity index (χ3v) is 3.30. The highest BCUT2D eigenvalue weighted by atomic mass is 16.1. The Morgan fingerprint density at radius 1 is 1.48 bits per heavy atom. The molecule has 0 saturated heterocycles. The number of aryl methyl sites for hydroxylation is 3. The normalized spacial score (nSPS) is 11.0. The van der Waals surface area contributed by atoms with Gasteiger partial charge in [0.25, 0.3) is 0 Å². The summed E-state index contributed by atoms with van der Waals surface area (Å²) in [7, 11) is 0. The number of hydrogen-bond donors (Lipinski definition) is 2. The Kier molecular flexibility index (Phi) is 5.27. The van der Waals surface area contributed by atoms with Crippen molar-refractivity contribution < 1.29 is 4.79 Å². The predicted octanol–water partition coefficient (Wildman–Crippen LogP) is 1.16. The van der Waals surface area contributed by atoms with Gasteiger partial charge in [-0.2, -0.15) is 0 Å². The number of pyridine rings is 1. The standard InChI is InChI=1S/C15H23N5O/c1-3-4-13-19-12-9-11(2)10-18-15(12)20(13)8-5-14(21)17-7-6-16/h9-10H,3-8,16H2,1-2H3,(H,17,21). The average molecular weight is 289 g/mol. The SMILES string of the molecule is CCCc1nc2cc(C)cnc2n1CCC(=O)NCCN. The van der Waals surface area contributed by atoms with Crippen LogP contribution < -0.4 is 11.1 Å². The smallest absolute Gasteiger partial charge is 0.221 e. The molecule has 6 nitrogen and oxygen atoms in total. The third kappa shape index (κ3) is 3.78. The molecule has 0 aliphatic rings. The van der Waals surface area contributed by atoms with Crippen LogP contribution in [0.5, 0.6) is 0 Å². The Labute approximate surface area is 124 Å². The van der Waals surface area contributed by atoms with Crippen molar-refractivity contribution in [3.8, 4) is 0 Å². The average Bonchev–Trinajstić information content (AvgIpc) is 2.79. The molecule has 21 heavy (non-hydrogen) atoms. The van der Waals surface area contributed by atoms with Gasteiger partial charge >= 0.3 is 0 Å². The number of nitrogens with two attached hydrogens (primary N) is 1. The fourth-order valence-corrected chi connectivity index (χ4v) is 2.32. The second-order valence-corrected chi connectivity index (χ2v) is 5.17. The molecule has 2 heterocycles.